The Morgan fingerprint density at radius 3 is 2.56 bits per heavy atom. The van der Waals surface area contributed by atoms with Gasteiger partial charge in [-0.2, -0.15) is 0 Å². The van der Waals surface area contributed by atoms with E-state index in [1.807, 2.05) is 73.6 Å². The second-order valence-corrected chi connectivity index (χ2v) is 7.05. The predicted octanol–water partition coefficient (Wildman–Crippen LogP) is 3.96. The van der Waals surface area contributed by atoms with Gasteiger partial charge in [-0.1, -0.05) is 46.3 Å². The van der Waals surface area contributed by atoms with Crippen molar-refractivity contribution in [2.24, 2.45) is 0 Å². The monoisotopic (exact) mass is 397 g/mol. The van der Waals surface area contributed by atoms with Crippen LogP contribution in [-0.4, -0.2) is 43.0 Å². The molecule has 1 aromatic heterocycles. The molecule has 3 aromatic rings. The maximum Gasteiger partial charge on any atom is 0.252 e. The van der Waals surface area contributed by atoms with E-state index in [9.17, 15) is 4.79 Å². The highest BCUT2D eigenvalue weighted by molar-refractivity contribution is 9.10. The van der Waals surface area contributed by atoms with Crippen LogP contribution in [0.25, 0.3) is 22.2 Å². The summed E-state index contributed by atoms with van der Waals surface area (Å²) >= 11 is 3.45. The molecular weight excluding hydrogens is 378 g/mol. The number of carbonyl (C=O) groups excluding carboxylic acids is 1. The average Bonchev–Trinajstić information content (AvgIpc) is 2.61. The van der Waals surface area contributed by atoms with Gasteiger partial charge in [-0.05, 0) is 38.4 Å². The largest absolute Gasteiger partial charge is 0.351 e. The lowest BCUT2D eigenvalue weighted by molar-refractivity contribution is 0.0952. The molecule has 128 valence electrons. The lowest BCUT2D eigenvalue weighted by atomic mass is 10.0. The Bertz CT molecular complexity index is 891. The standard InChI is InChI=1S/C20H20BrN3O/c1-24(2)12-11-22-20(25)17-13-19(14-7-9-15(21)10-8-14)23-18-6-4-3-5-16(17)18/h3-10,13H,11-12H2,1-2H3,(H,22,25). The van der Waals surface area contributed by atoms with Crippen molar-refractivity contribution in [1.29, 1.82) is 0 Å². The van der Waals surface area contributed by atoms with Gasteiger partial charge in [-0.15, -0.1) is 0 Å². The Kier molecular flexibility index (Phi) is 5.46. The van der Waals surface area contributed by atoms with Crippen LogP contribution in [0.2, 0.25) is 0 Å². The molecule has 4 nitrogen and oxygen atoms in total. The van der Waals surface area contributed by atoms with Crippen molar-refractivity contribution in [2.75, 3.05) is 27.2 Å². The normalized spacial score (nSPS) is 11.0. The van der Waals surface area contributed by atoms with E-state index in [2.05, 4.69) is 21.2 Å². The number of nitrogens with zero attached hydrogens (tertiary/aromatic N) is 2. The molecule has 0 aliphatic carbocycles. The second kappa shape index (κ2) is 7.76. The maximum absolute atomic E-state index is 12.7. The van der Waals surface area contributed by atoms with Crippen molar-refractivity contribution in [3.8, 4) is 11.3 Å². The molecule has 0 saturated heterocycles. The lowest BCUT2D eigenvalue weighted by Crippen LogP contribution is -2.31. The summed E-state index contributed by atoms with van der Waals surface area (Å²) in [6, 6.07) is 17.6. The van der Waals surface area contributed by atoms with Crippen molar-refractivity contribution >= 4 is 32.7 Å². The number of hydrogen-bond donors (Lipinski definition) is 1. The molecule has 0 aliphatic rings. The van der Waals surface area contributed by atoms with Crippen molar-refractivity contribution in [3.63, 3.8) is 0 Å². The number of pyridine rings is 1. The van der Waals surface area contributed by atoms with Gasteiger partial charge in [-0.3, -0.25) is 4.79 Å². The molecule has 1 amide bonds. The Balaban J connectivity index is 2.00. The molecule has 5 heteroatoms. The number of fused-ring (bicyclic) bond motifs is 1. The zero-order valence-electron chi connectivity index (χ0n) is 14.3. The van der Waals surface area contributed by atoms with Gasteiger partial charge in [0.05, 0.1) is 16.8 Å². The van der Waals surface area contributed by atoms with Crippen molar-refractivity contribution < 1.29 is 4.79 Å². The van der Waals surface area contributed by atoms with Gasteiger partial charge < -0.3 is 10.2 Å². The first-order valence-electron chi connectivity index (χ1n) is 8.13. The van der Waals surface area contributed by atoms with Gasteiger partial charge in [0.2, 0.25) is 0 Å². The van der Waals surface area contributed by atoms with E-state index < -0.39 is 0 Å². The SMILES string of the molecule is CN(C)CCNC(=O)c1cc(-c2ccc(Br)cc2)nc2ccccc12. The first kappa shape index (κ1) is 17.6. The van der Waals surface area contributed by atoms with Crippen molar-refractivity contribution in [2.45, 2.75) is 0 Å². The molecule has 1 heterocycles. The number of hydrogen-bond acceptors (Lipinski definition) is 3. The van der Waals surface area contributed by atoms with Crippen LogP contribution in [0, 0.1) is 0 Å². The van der Waals surface area contributed by atoms with Crippen LogP contribution in [-0.2, 0) is 0 Å². The molecule has 0 saturated carbocycles. The quantitative estimate of drug-likeness (QED) is 0.708. The van der Waals surface area contributed by atoms with E-state index in [4.69, 9.17) is 4.98 Å². The van der Waals surface area contributed by atoms with Crippen LogP contribution in [0.15, 0.2) is 59.1 Å². The minimum absolute atomic E-state index is 0.0705. The summed E-state index contributed by atoms with van der Waals surface area (Å²) in [5.74, 6) is -0.0705. The van der Waals surface area contributed by atoms with Gasteiger partial charge >= 0.3 is 0 Å². The Hall–Kier alpha value is -2.24. The van der Waals surface area contributed by atoms with Crippen LogP contribution in [0.3, 0.4) is 0 Å². The van der Waals surface area contributed by atoms with Gasteiger partial charge in [0.25, 0.3) is 5.91 Å². The van der Waals surface area contributed by atoms with E-state index in [1.165, 1.54) is 0 Å². The van der Waals surface area contributed by atoms with Crippen LogP contribution >= 0.6 is 15.9 Å². The third-order valence-corrected chi connectivity index (χ3v) is 4.47. The fourth-order valence-electron chi connectivity index (χ4n) is 2.62. The zero-order valence-corrected chi connectivity index (χ0v) is 15.9. The molecule has 0 atom stereocenters. The number of benzene rings is 2. The minimum atomic E-state index is -0.0705. The number of likely N-dealkylation sites (N-methyl/N-ethyl adjacent to an activating group) is 1. The summed E-state index contributed by atoms with van der Waals surface area (Å²) in [4.78, 5) is 19.5. The highest BCUT2D eigenvalue weighted by atomic mass is 79.9. The van der Waals surface area contributed by atoms with Gasteiger partial charge in [0.15, 0.2) is 0 Å². The van der Waals surface area contributed by atoms with E-state index in [0.29, 0.717) is 12.1 Å². The lowest BCUT2D eigenvalue weighted by Gasteiger charge is -2.13. The van der Waals surface area contributed by atoms with Crippen LogP contribution in [0.4, 0.5) is 0 Å². The highest BCUT2D eigenvalue weighted by Gasteiger charge is 2.13. The second-order valence-electron chi connectivity index (χ2n) is 6.14. The molecule has 0 spiro atoms. The number of carbonyl (C=O) groups is 1. The Labute approximate surface area is 156 Å². The molecule has 0 fully saturated rings. The number of para-hydroxylation sites is 1. The summed E-state index contributed by atoms with van der Waals surface area (Å²) in [7, 11) is 3.97. The van der Waals surface area contributed by atoms with E-state index in [-0.39, 0.29) is 5.91 Å². The molecule has 1 N–H and O–H groups in total. The molecule has 0 bridgehead atoms. The summed E-state index contributed by atoms with van der Waals surface area (Å²) in [5, 5.41) is 3.86. The van der Waals surface area contributed by atoms with Gasteiger partial charge in [0.1, 0.15) is 0 Å². The van der Waals surface area contributed by atoms with Crippen molar-refractivity contribution in [1.82, 2.24) is 15.2 Å². The molecule has 0 aliphatic heterocycles. The van der Waals surface area contributed by atoms with Gasteiger partial charge in [0, 0.05) is 28.5 Å². The van der Waals surface area contributed by atoms with Crippen LogP contribution in [0.1, 0.15) is 10.4 Å². The van der Waals surface area contributed by atoms with Gasteiger partial charge in [-0.25, -0.2) is 4.98 Å². The molecule has 0 radical (unpaired) electrons. The van der Waals surface area contributed by atoms with Crippen LogP contribution in [0.5, 0.6) is 0 Å². The third kappa shape index (κ3) is 4.24. The molecule has 2 aromatic carbocycles. The summed E-state index contributed by atoms with van der Waals surface area (Å²) in [5.41, 5.74) is 3.25. The fraction of sp³-hybridized carbons (Fsp3) is 0.200. The molecule has 0 unspecified atom stereocenters. The molecular formula is C20H20BrN3O. The summed E-state index contributed by atoms with van der Waals surface area (Å²) < 4.78 is 1.01. The highest BCUT2D eigenvalue weighted by Crippen LogP contribution is 2.26. The fourth-order valence-corrected chi connectivity index (χ4v) is 2.88. The zero-order chi connectivity index (χ0) is 17.8. The average molecular weight is 398 g/mol. The molecule has 25 heavy (non-hydrogen) atoms. The van der Waals surface area contributed by atoms with Crippen molar-refractivity contribution in [3.05, 3.63) is 64.6 Å². The molecule has 3 rings (SSSR count). The smallest absolute Gasteiger partial charge is 0.252 e. The topological polar surface area (TPSA) is 45.2 Å². The van der Waals surface area contributed by atoms with E-state index in [1.54, 1.807) is 0 Å². The number of aromatic nitrogens is 1. The number of amides is 1. The Morgan fingerprint density at radius 2 is 1.84 bits per heavy atom. The number of nitrogens with one attached hydrogen (secondary N) is 1. The first-order chi connectivity index (χ1) is 12.0. The predicted molar refractivity (Wildman–Crippen MR) is 106 cm³/mol. The summed E-state index contributed by atoms with van der Waals surface area (Å²) in [6.45, 7) is 1.41. The Morgan fingerprint density at radius 1 is 1.12 bits per heavy atom. The first-order valence-corrected chi connectivity index (χ1v) is 8.92. The maximum atomic E-state index is 12.7. The third-order valence-electron chi connectivity index (χ3n) is 3.95. The van der Waals surface area contributed by atoms with E-state index >= 15 is 0 Å². The summed E-state index contributed by atoms with van der Waals surface area (Å²) in [6.07, 6.45) is 0. The number of rotatable bonds is 5. The van der Waals surface area contributed by atoms with E-state index in [0.717, 1.165) is 33.2 Å². The minimum Gasteiger partial charge on any atom is -0.351 e. The van der Waals surface area contributed by atoms with Crippen LogP contribution < -0.4 is 5.32 Å². The number of halogens is 1.